The molecular weight excluding hydrogens is 266 g/mol. The lowest BCUT2D eigenvalue weighted by Crippen LogP contribution is -2.36. The fourth-order valence-corrected chi connectivity index (χ4v) is 2.51. The van der Waals surface area contributed by atoms with E-state index in [2.05, 4.69) is 22.5 Å². The fraction of sp³-hybridized carbons (Fsp3) is 0.312. The van der Waals surface area contributed by atoms with Crippen LogP contribution in [0.15, 0.2) is 42.7 Å². The van der Waals surface area contributed by atoms with Crippen molar-refractivity contribution >= 4 is 11.7 Å². The van der Waals surface area contributed by atoms with Crippen LogP contribution in [0.25, 0.3) is 0 Å². The Bertz CT molecular complexity index is 672. The van der Waals surface area contributed by atoms with Gasteiger partial charge in [-0.2, -0.15) is 5.10 Å². The van der Waals surface area contributed by atoms with E-state index < -0.39 is 11.7 Å². The summed E-state index contributed by atoms with van der Waals surface area (Å²) in [6.07, 6.45) is 5.04. The molecule has 0 unspecified atom stereocenters. The lowest BCUT2D eigenvalue weighted by molar-refractivity contribution is -0.117. The van der Waals surface area contributed by atoms with E-state index in [0.29, 0.717) is 12.1 Å². The molecule has 0 bridgehead atoms. The number of aromatic nitrogens is 2. The second kappa shape index (κ2) is 5.16. The fourth-order valence-electron chi connectivity index (χ4n) is 2.51. The number of carbonyl (C=O) groups excluding carboxylic acids is 2. The van der Waals surface area contributed by atoms with Gasteiger partial charge in [-0.05, 0) is 18.4 Å². The first kappa shape index (κ1) is 13.5. The average molecular weight is 283 g/mol. The lowest BCUT2D eigenvalue weighted by Gasteiger charge is -2.16. The van der Waals surface area contributed by atoms with Crippen molar-refractivity contribution in [1.29, 1.82) is 0 Å². The zero-order chi connectivity index (χ0) is 14.9. The molecule has 1 aliphatic carbocycles. The van der Waals surface area contributed by atoms with Crippen LogP contribution in [0, 0.1) is 0 Å². The van der Waals surface area contributed by atoms with Crippen LogP contribution in [0.1, 0.15) is 28.8 Å². The Morgan fingerprint density at radius 1 is 1.29 bits per heavy atom. The van der Waals surface area contributed by atoms with Crippen LogP contribution in [-0.2, 0) is 17.3 Å². The molecule has 0 aliphatic heterocycles. The summed E-state index contributed by atoms with van der Waals surface area (Å²) >= 11 is 0. The normalized spacial score (nSPS) is 15.5. The third kappa shape index (κ3) is 2.72. The van der Waals surface area contributed by atoms with Gasteiger partial charge in [0, 0.05) is 25.2 Å². The molecule has 1 aliphatic rings. The van der Waals surface area contributed by atoms with Gasteiger partial charge in [-0.25, -0.2) is 0 Å². The number of hydrogen-bond acceptors (Lipinski definition) is 3. The van der Waals surface area contributed by atoms with Gasteiger partial charge in [0.05, 0.1) is 11.8 Å². The zero-order valence-electron chi connectivity index (χ0n) is 11.9. The summed E-state index contributed by atoms with van der Waals surface area (Å²) in [6, 6.07) is 10.1. The summed E-state index contributed by atoms with van der Waals surface area (Å²) in [7, 11) is 1.71. The molecule has 1 aromatic heterocycles. The van der Waals surface area contributed by atoms with Crippen LogP contribution >= 0.6 is 0 Å². The minimum atomic E-state index is -0.565. The number of carbonyl (C=O) groups is 2. The van der Waals surface area contributed by atoms with E-state index in [1.165, 1.54) is 16.4 Å². The van der Waals surface area contributed by atoms with E-state index in [9.17, 15) is 9.59 Å². The highest BCUT2D eigenvalue weighted by atomic mass is 16.2. The molecule has 0 atom stereocenters. The Morgan fingerprint density at radius 2 is 2.00 bits per heavy atom. The summed E-state index contributed by atoms with van der Waals surface area (Å²) in [5.74, 6) is -1.10. The van der Waals surface area contributed by atoms with E-state index in [-0.39, 0.29) is 5.41 Å². The van der Waals surface area contributed by atoms with Crippen LogP contribution in [0.5, 0.6) is 0 Å². The summed E-state index contributed by atoms with van der Waals surface area (Å²) in [6.45, 7) is 0.502. The topological polar surface area (TPSA) is 64.0 Å². The number of ketones is 1. The van der Waals surface area contributed by atoms with Crippen molar-refractivity contribution in [3.05, 3.63) is 53.9 Å². The predicted octanol–water partition coefficient (Wildman–Crippen LogP) is 1.45. The van der Waals surface area contributed by atoms with Crippen molar-refractivity contribution < 1.29 is 9.59 Å². The second-order valence-electron chi connectivity index (χ2n) is 5.56. The highest BCUT2D eigenvalue weighted by Crippen LogP contribution is 2.47. The standard InChI is InChI=1S/C16H17N3O2/c1-19-10-12(9-18-19)14(20)15(21)17-11-16(7-8-16)13-5-3-2-4-6-13/h2-6,9-10H,7-8,11H2,1H3,(H,17,21). The molecule has 1 aromatic carbocycles. The number of amides is 1. The molecule has 5 heteroatoms. The van der Waals surface area contributed by atoms with Crippen molar-refractivity contribution in [3.8, 4) is 0 Å². The Kier molecular flexibility index (Phi) is 3.33. The van der Waals surface area contributed by atoms with Crippen molar-refractivity contribution in [1.82, 2.24) is 15.1 Å². The molecule has 0 saturated heterocycles. The Labute approximate surface area is 123 Å². The molecule has 1 amide bonds. The first-order chi connectivity index (χ1) is 10.1. The monoisotopic (exact) mass is 283 g/mol. The van der Waals surface area contributed by atoms with Gasteiger partial charge in [0.2, 0.25) is 0 Å². The maximum Gasteiger partial charge on any atom is 0.292 e. The molecule has 1 heterocycles. The molecule has 108 valence electrons. The van der Waals surface area contributed by atoms with Crippen molar-refractivity contribution in [2.45, 2.75) is 18.3 Å². The third-order valence-electron chi connectivity index (χ3n) is 4.00. The van der Waals surface area contributed by atoms with Gasteiger partial charge < -0.3 is 5.32 Å². The maximum atomic E-state index is 12.0. The molecule has 1 saturated carbocycles. The van der Waals surface area contributed by atoms with Gasteiger partial charge in [0.25, 0.3) is 11.7 Å². The van der Waals surface area contributed by atoms with Gasteiger partial charge in [0.15, 0.2) is 0 Å². The molecule has 2 aromatic rings. The number of Topliss-reactive ketones (excluding diaryl/α,β-unsaturated/α-hetero) is 1. The van der Waals surface area contributed by atoms with Crippen LogP contribution in [-0.4, -0.2) is 28.0 Å². The number of nitrogens with zero attached hydrogens (tertiary/aromatic N) is 2. The molecule has 0 radical (unpaired) electrons. The maximum absolute atomic E-state index is 12.0. The summed E-state index contributed by atoms with van der Waals surface area (Å²) in [5, 5.41) is 6.67. The van der Waals surface area contributed by atoms with E-state index in [4.69, 9.17) is 0 Å². The zero-order valence-corrected chi connectivity index (χ0v) is 11.9. The minimum Gasteiger partial charge on any atom is -0.348 e. The predicted molar refractivity (Wildman–Crippen MR) is 77.9 cm³/mol. The Balaban J connectivity index is 1.63. The average Bonchev–Trinajstić information content (AvgIpc) is 3.19. The number of benzene rings is 1. The van der Waals surface area contributed by atoms with Gasteiger partial charge in [-0.3, -0.25) is 14.3 Å². The largest absolute Gasteiger partial charge is 0.348 e. The second-order valence-corrected chi connectivity index (χ2v) is 5.56. The molecule has 0 spiro atoms. The van der Waals surface area contributed by atoms with Gasteiger partial charge in [-0.1, -0.05) is 30.3 Å². The van der Waals surface area contributed by atoms with Crippen LogP contribution < -0.4 is 5.32 Å². The van der Waals surface area contributed by atoms with E-state index >= 15 is 0 Å². The Hall–Kier alpha value is -2.43. The molecule has 21 heavy (non-hydrogen) atoms. The number of nitrogens with one attached hydrogen (secondary N) is 1. The van der Waals surface area contributed by atoms with Crippen LogP contribution in [0.2, 0.25) is 0 Å². The third-order valence-corrected chi connectivity index (χ3v) is 4.00. The van der Waals surface area contributed by atoms with E-state index in [1.807, 2.05) is 18.2 Å². The lowest BCUT2D eigenvalue weighted by atomic mass is 9.96. The SMILES string of the molecule is Cn1cc(C(=O)C(=O)NCC2(c3ccccc3)CC2)cn1. The first-order valence-electron chi connectivity index (χ1n) is 6.97. The number of rotatable bonds is 5. The first-order valence-corrected chi connectivity index (χ1v) is 6.97. The van der Waals surface area contributed by atoms with Gasteiger partial charge in [-0.15, -0.1) is 0 Å². The number of aryl methyl sites for hydroxylation is 1. The minimum absolute atomic E-state index is 0.00609. The molecule has 5 nitrogen and oxygen atoms in total. The van der Waals surface area contributed by atoms with Crippen molar-refractivity contribution in [2.24, 2.45) is 7.05 Å². The van der Waals surface area contributed by atoms with Gasteiger partial charge >= 0.3 is 0 Å². The molecule has 1 fully saturated rings. The Morgan fingerprint density at radius 3 is 2.57 bits per heavy atom. The highest BCUT2D eigenvalue weighted by Gasteiger charge is 2.44. The van der Waals surface area contributed by atoms with Crippen molar-refractivity contribution in [3.63, 3.8) is 0 Å². The highest BCUT2D eigenvalue weighted by molar-refractivity contribution is 6.42. The van der Waals surface area contributed by atoms with E-state index in [1.54, 1.807) is 13.2 Å². The van der Waals surface area contributed by atoms with Crippen molar-refractivity contribution in [2.75, 3.05) is 6.54 Å². The molecular formula is C16H17N3O2. The number of hydrogen-bond donors (Lipinski definition) is 1. The quantitative estimate of drug-likeness (QED) is 0.667. The van der Waals surface area contributed by atoms with Crippen LogP contribution in [0.4, 0.5) is 0 Å². The molecule has 1 N–H and O–H groups in total. The van der Waals surface area contributed by atoms with Crippen LogP contribution in [0.3, 0.4) is 0 Å². The van der Waals surface area contributed by atoms with E-state index in [0.717, 1.165) is 12.8 Å². The molecule has 3 rings (SSSR count). The summed E-state index contributed by atoms with van der Waals surface area (Å²) < 4.78 is 1.51. The smallest absolute Gasteiger partial charge is 0.292 e. The summed E-state index contributed by atoms with van der Waals surface area (Å²) in [5.41, 5.74) is 1.55. The summed E-state index contributed by atoms with van der Waals surface area (Å²) in [4.78, 5) is 23.9. The van der Waals surface area contributed by atoms with Gasteiger partial charge in [0.1, 0.15) is 0 Å².